The average Bonchev–Trinajstić information content (AvgIpc) is 2.87. The van der Waals surface area contributed by atoms with Gasteiger partial charge in [0.15, 0.2) is 9.84 Å². The van der Waals surface area contributed by atoms with Crippen molar-refractivity contribution >= 4 is 23.1 Å². The maximum absolute atomic E-state index is 14.0. The summed E-state index contributed by atoms with van der Waals surface area (Å²) >= 11 is 0. The summed E-state index contributed by atoms with van der Waals surface area (Å²) in [6.07, 6.45) is 0.224. The summed E-state index contributed by atoms with van der Waals surface area (Å²) in [5.74, 6) is -0.538. The lowest BCUT2D eigenvalue weighted by Crippen LogP contribution is -2.19. The van der Waals surface area contributed by atoms with Crippen LogP contribution in [0.3, 0.4) is 0 Å². The molecule has 0 aliphatic carbocycles. The third-order valence-corrected chi connectivity index (χ3v) is 9.30. The van der Waals surface area contributed by atoms with Crippen LogP contribution in [-0.2, 0) is 25.8 Å². The fourth-order valence-corrected chi connectivity index (χ4v) is 6.13. The molecule has 0 bridgehead atoms. The average molecular weight is 577 g/mol. The zero-order valence-electron chi connectivity index (χ0n) is 22.2. The van der Waals surface area contributed by atoms with Gasteiger partial charge in [0.05, 0.1) is 16.8 Å². The molecule has 0 saturated heterocycles. The third kappa shape index (κ3) is 9.08. The quantitative estimate of drug-likeness (QED) is 0.112. The van der Waals surface area contributed by atoms with Crippen molar-refractivity contribution in [2.75, 3.05) is 19.3 Å². The summed E-state index contributed by atoms with van der Waals surface area (Å²) < 4.78 is 52.0. The zero-order chi connectivity index (χ0) is 28.6. The second kappa shape index (κ2) is 13.5. The molecule has 1 atom stereocenters. The summed E-state index contributed by atoms with van der Waals surface area (Å²) in [5, 5.41) is 6.11. The Balaban J connectivity index is 1.69. The van der Waals surface area contributed by atoms with Crippen molar-refractivity contribution in [1.82, 2.24) is 5.32 Å². The Hall–Kier alpha value is -2.88. The molecular formula is C28H34FN2O6PS. The number of rotatable bonds is 13. The first-order valence-electron chi connectivity index (χ1n) is 12.4. The van der Waals surface area contributed by atoms with Crippen molar-refractivity contribution in [1.29, 1.82) is 0 Å². The highest BCUT2D eigenvalue weighted by atomic mass is 32.2. The number of sulfone groups is 1. The highest BCUT2D eigenvalue weighted by molar-refractivity contribution is 7.91. The minimum Gasteiger partial charge on any atom is -0.394 e. The van der Waals surface area contributed by atoms with Crippen molar-refractivity contribution < 1.29 is 32.0 Å². The topological polar surface area (TPSA) is 125 Å². The van der Waals surface area contributed by atoms with Gasteiger partial charge in [-0.2, -0.15) is 0 Å². The number of hydrogen-bond acceptors (Lipinski definition) is 6. The standard InChI is InChI=1S/C28H34FN2O6PS/c1-20-8-13-27(16-21(20)2)39(35,36)28(25-6-4-7-26(29)17-25)19-37-31-22(3)24-11-9-23(10-12-24)18-30-14-5-15-38(32,33)34/h4,6-13,16-17,28,30H,5,14-15,18-19H2,1-3H3,(H2,32,33,34)/b31-22+. The Bertz CT molecular complexity index is 1460. The largest absolute Gasteiger partial charge is 0.394 e. The maximum atomic E-state index is 14.0. The van der Waals surface area contributed by atoms with Crippen molar-refractivity contribution in [2.45, 2.75) is 43.9 Å². The van der Waals surface area contributed by atoms with E-state index in [9.17, 15) is 17.4 Å². The van der Waals surface area contributed by atoms with E-state index in [0.29, 0.717) is 25.2 Å². The zero-order valence-corrected chi connectivity index (χ0v) is 23.9. The number of halogens is 1. The molecule has 1 unspecified atom stereocenters. The first-order valence-corrected chi connectivity index (χ1v) is 15.8. The molecule has 11 heteroatoms. The van der Waals surface area contributed by atoms with Crippen LogP contribution in [0.15, 0.2) is 76.8 Å². The molecule has 3 rings (SSSR count). The Morgan fingerprint density at radius 1 is 1.05 bits per heavy atom. The first-order chi connectivity index (χ1) is 18.4. The molecule has 3 N–H and O–H groups in total. The monoisotopic (exact) mass is 576 g/mol. The van der Waals surface area contributed by atoms with Gasteiger partial charge in [0.1, 0.15) is 17.7 Å². The fraction of sp³-hybridized carbons (Fsp3) is 0.321. The minimum atomic E-state index is -3.98. The van der Waals surface area contributed by atoms with Crippen LogP contribution >= 0.6 is 7.60 Å². The Morgan fingerprint density at radius 2 is 1.77 bits per heavy atom. The molecule has 3 aromatic carbocycles. The van der Waals surface area contributed by atoms with Gasteiger partial charge < -0.3 is 19.9 Å². The maximum Gasteiger partial charge on any atom is 0.325 e. The molecule has 0 amide bonds. The number of oxime groups is 1. The number of aryl methyl sites for hydroxylation is 2. The third-order valence-electron chi connectivity index (χ3n) is 6.33. The molecule has 3 aromatic rings. The van der Waals surface area contributed by atoms with Crippen LogP contribution < -0.4 is 5.32 Å². The highest BCUT2D eigenvalue weighted by Gasteiger charge is 2.31. The molecule has 210 valence electrons. The molecule has 0 spiro atoms. The number of hydrogen-bond donors (Lipinski definition) is 3. The lowest BCUT2D eigenvalue weighted by Gasteiger charge is -2.18. The second-order valence-corrected chi connectivity index (χ2v) is 13.3. The Labute approximate surface area is 229 Å². The lowest BCUT2D eigenvalue weighted by molar-refractivity contribution is 0.143. The van der Waals surface area contributed by atoms with Crippen LogP contribution in [0.5, 0.6) is 0 Å². The molecule has 8 nitrogen and oxygen atoms in total. The number of nitrogens with zero attached hydrogens (tertiary/aromatic N) is 1. The van der Waals surface area contributed by atoms with Gasteiger partial charge in [0.25, 0.3) is 0 Å². The van der Waals surface area contributed by atoms with E-state index in [1.54, 1.807) is 31.2 Å². The van der Waals surface area contributed by atoms with E-state index in [1.165, 1.54) is 18.2 Å². The molecule has 0 radical (unpaired) electrons. The number of nitrogens with one attached hydrogen (secondary N) is 1. The Morgan fingerprint density at radius 3 is 2.41 bits per heavy atom. The fourth-order valence-electron chi connectivity index (χ4n) is 3.89. The van der Waals surface area contributed by atoms with Crippen molar-refractivity contribution in [3.8, 4) is 0 Å². The molecule has 0 aromatic heterocycles. The van der Waals surface area contributed by atoms with E-state index in [-0.39, 0.29) is 23.2 Å². The second-order valence-electron chi connectivity index (χ2n) is 9.42. The summed E-state index contributed by atoms with van der Waals surface area (Å²) in [7, 11) is -7.89. The van der Waals surface area contributed by atoms with E-state index in [2.05, 4.69) is 10.5 Å². The molecule has 39 heavy (non-hydrogen) atoms. The van der Waals surface area contributed by atoms with E-state index >= 15 is 0 Å². The predicted octanol–water partition coefficient (Wildman–Crippen LogP) is 5.06. The molecular weight excluding hydrogens is 542 g/mol. The van der Waals surface area contributed by atoms with Crippen LogP contribution in [0, 0.1) is 19.7 Å². The first kappa shape index (κ1) is 30.7. The smallest absolute Gasteiger partial charge is 0.325 e. The van der Waals surface area contributed by atoms with Crippen molar-refractivity contribution in [2.24, 2.45) is 5.16 Å². The summed E-state index contributed by atoms with van der Waals surface area (Å²) in [4.78, 5) is 23.5. The molecule has 0 fully saturated rings. The van der Waals surface area contributed by atoms with Crippen LogP contribution in [-0.4, -0.2) is 43.2 Å². The summed E-state index contributed by atoms with van der Waals surface area (Å²) in [6.45, 7) is 6.20. The van der Waals surface area contributed by atoms with E-state index in [1.807, 2.05) is 38.1 Å². The Kier molecular flexibility index (Phi) is 10.6. The molecule has 0 aliphatic heterocycles. The van der Waals surface area contributed by atoms with Crippen LogP contribution in [0.4, 0.5) is 4.39 Å². The predicted molar refractivity (Wildman–Crippen MR) is 150 cm³/mol. The van der Waals surface area contributed by atoms with Crippen LogP contribution in [0.25, 0.3) is 0 Å². The van der Waals surface area contributed by atoms with Gasteiger partial charge in [-0.25, -0.2) is 12.8 Å². The molecule has 0 heterocycles. The van der Waals surface area contributed by atoms with Gasteiger partial charge in [-0.1, -0.05) is 47.6 Å². The minimum absolute atomic E-state index is 0.134. The van der Waals surface area contributed by atoms with Crippen LogP contribution in [0.1, 0.15) is 46.4 Å². The van der Waals surface area contributed by atoms with Crippen molar-refractivity contribution in [3.05, 3.63) is 100 Å². The van der Waals surface area contributed by atoms with Gasteiger partial charge in [0.2, 0.25) is 0 Å². The van der Waals surface area contributed by atoms with Crippen molar-refractivity contribution in [3.63, 3.8) is 0 Å². The van der Waals surface area contributed by atoms with Gasteiger partial charge >= 0.3 is 7.60 Å². The highest BCUT2D eigenvalue weighted by Crippen LogP contribution is 2.34. The normalized spacial score (nSPS) is 13.3. The van der Waals surface area contributed by atoms with Gasteiger partial charge in [-0.3, -0.25) is 4.57 Å². The van der Waals surface area contributed by atoms with Crippen LogP contribution in [0.2, 0.25) is 0 Å². The van der Waals surface area contributed by atoms with E-state index < -0.39 is 28.5 Å². The summed E-state index contributed by atoms with van der Waals surface area (Å²) in [5.41, 5.74) is 4.38. The molecule has 0 aliphatic rings. The van der Waals surface area contributed by atoms with Gasteiger partial charge in [0, 0.05) is 6.54 Å². The van der Waals surface area contributed by atoms with Gasteiger partial charge in [-0.15, -0.1) is 0 Å². The summed E-state index contributed by atoms with van der Waals surface area (Å²) in [6, 6.07) is 17.9. The molecule has 0 saturated carbocycles. The van der Waals surface area contributed by atoms with Gasteiger partial charge in [-0.05, 0) is 85.8 Å². The van der Waals surface area contributed by atoms with E-state index in [4.69, 9.17) is 14.6 Å². The van der Waals surface area contributed by atoms with E-state index in [0.717, 1.165) is 22.3 Å². The lowest BCUT2D eigenvalue weighted by atomic mass is 10.1. The number of benzene rings is 3. The SMILES string of the molecule is C/C(=N\OCC(c1cccc(F)c1)S(=O)(=O)c1ccc(C)c(C)c1)c1ccc(CNCCCP(=O)(O)O)cc1.